The van der Waals surface area contributed by atoms with Crippen molar-refractivity contribution in [3.63, 3.8) is 0 Å². The Labute approximate surface area is 134 Å². The molecule has 2 aliphatic heterocycles. The second-order valence-corrected chi connectivity index (χ2v) is 5.82. The standard InChI is InChI=1S/C18H18N4O/c1-19-10-12-4-6-13(7-5-12)14-9-15-17-16(23)3-2-8-21-18(14,17)22-11-20-15/h2-9,19-20,22H,10-11H2,1H3. The third kappa shape index (κ3) is 2.09. The Morgan fingerprint density at radius 2 is 2.13 bits per heavy atom. The lowest BCUT2D eigenvalue weighted by Crippen LogP contribution is -2.53. The molecule has 116 valence electrons. The van der Waals surface area contributed by atoms with Gasteiger partial charge < -0.3 is 10.6 Å². The van der Waals surface area contributed by atoms with Crippen molar-refractivity contribution < 1.29 is 4.79 Å². The van der Waals surface area contributed by atoms with Crippen molar-refractivity contribution in [2.24, 2.45) is 4.99 Å². The third-order valence-corrected chi connectivity index (χ3v) is 4.43. The molecule has 1 unspecified atom stereocenters. The first-order valence-corrected chi connectivity index (χ1v) is 7.70. The number of allylic oxidation sites excluding steroid dienone is 3. The molecule has 2 bridgehead atoms. The van der Waals surface area contributed by atoms with Gasteiger partial charge in [0, 0.05) is 24.0 Å². The van der Waals surface area contributed by atoms with Crippen LogP contribution in [0, 0.1) is 0 Å². The molecular formula is C18H18N4O. The molecule has 2 heterocycles. The van der Waals surface area contributed by atoms with E-state index in [9.17, 15) is 4.79 Å². The number of hydrogen-bond acceptors (Lipinski definition) is 5. The van der Waals surface area contributed by atoms with Crippen LogP contribution in [0.5, 0.6) is 0 Å². The average Bonchev–Trinajstić information content (AvgIpc) is 2.68. The molecule has 0 saturated heterocycles. The second kappa shape index (κ2) is 5.30. The SMILES string of the molecule is CNCc1ccc(C2=CC3=C4C(=O)C=CC=NC24NCN3)cc1. The summed E-state index contributed by atoms with van der Waals surface area (Å²) in [6.07, 6.45) is 7.02. The van der Waals surface area contributed by atoms with Crippen LogP contribution in [0.3, 0.4) is 0 Å². The van der Waals surface area contributed by atoms with Gasteiger partial charge in [0.05, 0.1) is 12.2 Å². The number of rotatable bonds is 3. The average molecular weight is 306 g/mol. The molecule has 3 aliphatic rings. The van der Waals surface area contributed by atoms with Gasteiger partial charge in [-0.2, -0.15) is 0 Å². The van der Waals surface area contributed by atoms with Gasteiger partial charge in [-0.3, -0.25) is 15.1 Å². The topological polar surface area (TPSA) is 65.5 Å². The minimum absolute atomic E-state index is 0.00440. The normalized spacial score (nSPS) is 25.1. The first-order chi connectivity index (χ1) is 11.2. The van der Waals surface area contributed by atoms with E-state index in [1.54, 1.807) is 18.4 Å². The molecule has 23 heavy (non-hydrogen) atoms. The Morgan fingerprint density at radius 1 is 1.30 bits per heavy atom. The van der Waals surface area contributed by atoms with Crippen molar-refractivity contribution in [3.8, 4) is 0 Å². The summed E-state index contributed by atoms with van der Waals surface area (Å²) in [7, 11) is 1.93. The fraction of sp³-hybridized carbons (Fsp3) is 0.222. The summed E-state index contributed by atoms with van der Waals surface area (Å²) in [6, 6.07) is 8.38. The fourth-order valence-electron chi connectivity index (χ4n) is 3.40. The van der Waals surface area contributed by atoms with E-state index in [1.807, 2.05) is 13.1 Å². The minimum Gasteiger partial charge on any atom is -0.372 e. The Balaban J connectivity index is 1.79. The van der Waals surface area contributed by atoms with Crippen LogP contribution in [0.15, 0.2) is 58.8 Å². The molecule has 5 heteroatoms. The molecule has 0 aromatic heterocycles. The van der Waals surface area contributed by atoms with E-state index >= 15 is 0 Å². The van der Waals surface area contributed by atoms with Gasteiger partial charge in [-0.25, -0.2) is 0 Å². The largest absolute Gasteiger partial charge is 0.372 e. The number of nitrogens with zero attached hydrogens (tertiary/aromatic N) is 1. The monoisotopic (exact) mass is 306 g/mol. The summed E-state index contributed by atoms with van der Waals surface area (Å²) >= 11 is 0. The molecule has 0 amide bonds. The summed E-state index contributed by atoms with van der Waals surface area (Å²) in [4.78, 5) is 17.2. The number of benzene rings is 1. The lowest BCUT2D eigenvalue weighted by molar-refractivity contribution is -0.111. The molecule has 0 saturated carbocycles. The van der Waals surface area contributed by atoms with Crippen LogP contribution < -0.4 is 16.0 Å². The van der Waals surface area contributed by atoms with E-state index in [1.165, 1.54) is 5.56 Å². The highest BCUT2D eigenvalue weighted by Gasteiger charge is 2.48. The van der Waals surface area contributed by atoms with Gasteiger partial charge in [-0.1, -0.05) is 24.3 Å². The summed E-state index contributed by atoms with van der Waals surface area (Å²) in [5.74, 6) is -0.00440. The van der Waals surface area contributed by atoms with E-state index in [0.29, 0.717) is 12.2 Å². The van der Waals surface area contributed by atoms with Gasteiger partial charge >= 0.3 is 0 Å². The summed E-state index contributed by atoms with van der Waals surface area (Å²) in [5.41, 5.74) is 4.08. The maximum Gasteiger partial charge on any atom is 0.188 e. The summed E-state index contributed by atoms with van der Waals surface area (Å²) in [6.45, 7) is 1.42. The highest BCUT2D eigenvalue weighted by atomic mass is 16.1. The highest BCUT2D eigenvalue weighted by Crippen LogP contribution is 2.44. The van der Waals surface area contributed by atoms with Gasteiger partial charge in [0.2, 0.25) is 0 Å². The Hall–Kier alpha value is -2.50. The van der Waals surface area contributed by atoms with Crippen LogP contribution in [-0.4, -0.2) is 31.4 Å². The van der Waals surface area contributed by atoms with E-state index < -0.39 is 5.66 Å². The van der Waals surface area contributed by atoms with Crippen LogP contribution in [0.2, 0.25) is 0 Å². The van der Waals surface area contributed by atoms with Crippen molar-refractivity contribution in [1.82, 2.24) is 16.0 Å². The van der Waals surface area contributed by atoms with E-state index in [0.717, 1.165) is 23.4 Å². The maximum atomic E-state index is 12.5. The van der Waals surface area contributed by atoms with Gasteiger partial charge in [0.25, 0.3) is 0 Å². The molecule has 1 aromatic rings. The molecular weight excluding hydrogens is 288 g/mol. The van der Waals surface area contributed by atoms with Crippen LogP contribution in [0.4, 0.5) is 0 Å². The van der Waals surface area contributed by atoms with Crippen molar-refractivity contribution in [3.05, 3.63) is 64.9 Å². The molecule has 1 aromatic carbocycles. The molecule has 0 fully saturated rings. The van der Waals surface area contributed by atoms with Gasteiger partial charge in [-0.15, -0.1) is 0 Å². The van der Waals surface area contributed by atoms with Gasteiger partial charge in [-0.05, 0) is 36.4 Å². The Morgan fingerprint density at radius 3 is 2.91 bits per heavy atom. The number of aliphatic imine (C=N–C) groups is 1. The quantitative estimate of drug-likeness (QED) is 0.783. The highest BCUT2D eigenvalue weighted by molar-refractivity contribution is 6.14. The predicted octanol–water partition coefficient (Wildman–Crippen LogP) is 1.11. The number of carbonyl (C=O) groups is 1. The first kappa shape index (κ1) is 14.1. The fourth-order valence-corrected chi connectivity index (χ4v) is 3.40. The smallest absolute Gasteiger partial charge is 0.188 e. The first-order valence-electron chi connectivity index (χ1n) is 7.70. The number of carbonyl (C=O) groups excluding carboxylic acids is 1. The summed E-state index contributed by atoms with van der Waals surface area (Å²) < 4.78 is 0. The number of hydrogen-bond donors (Lipinski definition) is 3. The number of nitrogens with one attached hydrogen (secondary N) is 3. The van der Waals surface area contributed by atoms with Crippen LogP contribution in [-0.2, 0) is 11.3 Å². The van der Waals surface area contributed by atoms with Crippen LogP contribution in [0.1, 0.15) is 11.1 Å². The van der Waals surface area contributed by atoms with Gasteiger partial charge in [0.15, 0.2) is 11.4 Å². The van der Waals surface area contributed by atoms with Crippen molar-refractivity contribution in [1.29, 1.82) is 0 Å². The van der Waals surface area contributed by atoms with E-state index in [4.69, 9.17) is 0 Å². The molecule has 4 rings (SSSR count). The molecule has 1 atom stereocenters. The predicted molar refractivity (Wildman–Crippen MR) is 90.7 cm³/mol. The maximum absolute atomic E-state index is 12.5. The van der Waals surface area contributed by atoms with E-state index in [-0.39, 0.29) is 5.78 Å². The van der Waals surface area contributed by atoms with Crippen molar-refractivity contribution in [2.45, 2.75) is 12.2 Å². The number of ketones is 1. The zero-order valence-corrected chi connectivity index (χ0v) is 12.9. The molecule has 0 radical (unpaired) electrons. The van der Waals surface area contributed by atoms with Crippen LogP contribution >= 0.6 is 0 Å². The van der Waals surface area contributed by atoms with E-state index in [2.05, 4.69) is 45.2 Å². The van der Waals surface area contributed by atoms with Crippen molar-refractivity contribution in [2.75, 3.05) is 13.7 Å². The molecule has 5 nitrogen and oxygen atoms in total. The minimum atomic E-state index is -0.772. The molecule has 1 aliphatic carbocycles. The van der Waals surface area contributed by atoms with Crippen LogP contribution in [0.25, 0.3) is 5.57 Å². The zero-order chi connectivity index (χ0) is 15.9. The molecule has 3 N–H and O–H groups in total. The zero-order valence-electron chi connectivity index (χ0n) is 12.9. The Kier molecular flexibility index (Phi) is 3.25. The summed E-state index contributed by atoms with van der Waals surface area (Å²) in [5, 5.41) is 9.77. The lowest BCUT2D eigenvalue weighted by Gasteiger charge is -2.34. The molecule has 0 spiro atoms. The van der Waals surface area contributed by atoms with Gasteiger partial charge in [0.1, 0.15) is 0 Å². The third-order valence-electron chi connectivity index (χ3n) is 4.43. The van der Waals surface area contributed by atoms with Crippen molar-refractivity contribution >= 4 is 17.6 Å². The second-order valence-electron chi connectivity index (χ2n) is 5.82. The Bertz CT molecular complexity index is 786. The lowest BCUT2D eigenvalue weighted by atomic mass is 9.88.